The molecule has 1 aromatic carbocycles. The van der Waals surface area contributed by atoms with Crippen LogP contribution >= 0.6 is 0 Å². The van der Waals surface area contributed by atoms with Gasteiger partial charge in [0.1, 0.15) is 0 Å². The predicted molar refractivity (Wildman–Crippen MR) is 79.1 cm³/mol. The molecule has 0 atom stereocenters. The van der Waals surface area contributed by atoms with E-state index in [2.05, 4.69) is 10.1 Å². The molecule has 112 valence electrons. The van der Waals surface area contributed by atoms with Crippen LogP contribution in [0.25, 0.3) is 10.9 Å². The average Bonchev–Trinajstić information content (AvgIpc) is 2.91. The van der Waals surface area contributed by atoms with Crippen molar-refractivity contribution >= 4 is 16.9 Å². The molecule has 0 fully saturated rings. The van der Waals surface area contributed by atoms with Gasteiger partial charge in [-0.15, -0.1) is 0 Å². The number of para-hydroxylation sites is 1. The summed E-state index contributed by atoms with van der Waals surface area (Å²) in [7, 11) is 0. The first kappa shape index (κ1) is 13.9. The summed E-state index contributed by atoms with van der Waals surface area (Å²) in [4.78, 5) is 25.6. The van der Waals surface area contributed by atoms with E-state index in [1.807, 2.05) is 30.5 Å². The maximum Gasteiger partial charge on any atom is 0.360 e. The van der Waals surface area contributed by atoms with Gasteiger partial charge in [-0.05, 0) is 18.1 Å². The van der Waals surface area contributed by atoms with E-state index >= 15 is 0 Å². The summed E-state index contributed by atoms with van der Waals surface area (Å²) in [6.45, 7) is 0.343. The van der Waals surface area contributed by atoms with Crippen LogP contribution in [0.3, 0.4) is 0 Å². The number of aromatic nitrogens is 3. The van der Waals surface area contributed by atoms with E-state index in [1.54, 1.807) is 0 Å². The van der Waals surface area contributed by atoms with Gasteiger partial charge in [-0.25, -0.2) is 4.79 Å². The van der Waals surface area contributed by atoms with Crippen molar-refractivity contribution in [1.82, 2.24) is 14.8 Å². The minimum Gasteiger partial charge on any atom is -0.503 e. The van der Waals surface area contributed by atoms with Crippen LogP contribution in [0.4, 0.5) is 0 Å². The highest BCUT2D eigenvalue weighted by molar-refractivity contribution is 5.85. The van der Waals surface area contributed by atoms with Crippen molar-refractivity contribution in [2.45, 2.75) is 13.0 Å². The van der Waals surface area contributed by atoms with E-state index in [-0.39, 0.29) is 0 Å². The molecule has 0 aliphatic carbocycles. The van der Waals surface area contributed by atoms with Crippen molar-refractivity contribution in [3.63, 3.8) is 0 Å². The monoisotopic (exact) mass is 299 g/mol. The van der Waals surface area contributed by atoms with E-state index in [0.717, 1.165) is 22.7 Å². The predicted octanol–water partition coefficient (Wildman–Crippen LogP) is 1.37. The fraction of sp³-hybridized carbons (Fsp3) is 0.133. The van der Waals surface area contributed by atoms with Crippen LogP contribution in [0.15, 0.2) is 41.5 Å². The lowest BCUT2D eigenvalue weighted by Crippen LogP contribution is -2.22. The zero-order valence-electron chi connectivity index (χ0n) is 11.5. The number of hydrogen-bond acceptors (Lipinski definition) is 4. The lowest BCUT2D eigenvalue weighted by molar-refractivity contribution is 0.0685. The molecule has 7 heteroatoms. The topological polar surface area (TPSA) is 108 Å². The number of aromatic carboxylic acids is 1. The Hall–Kier alpha value is -3.09. The molecule has 3 N–H and O–H groups in total. The van der Waals surface area contributed by atoms with Crippen molar-refractivity contribution in [2.24, 2.45) is 0 Å². The Morgan fingerprint density at radius 1 is 1.32 bits per heavy atom. The van der Waals surface area contributed by atoms with Crippen LogP contribution < -0.4 is 5.43 Å². The number of rotatable bonds is 4. The molecule has 0 bridgehead atoms. The summed E-state index contributed by atoms with van der Waals surface area (Å²) in [6, 6.07) is 7.82. The van der Waals surface area contributed by atoms with E-state index < -0.39 is 22.8 Å². The number of carboxylic acids is 1. The number of fused-ring (bicyclic) bond motifs is 1. The number of aryl methyl sites for hydroxylation is 2. The van der Waals surface area contributed by atoms with Crippen LogP contribution in [0.2, 0.25) is 0 Å². The summed E-state index contributed by atoms with van der Waals surface area (Å²) < 4.78 is 1.27. The van der Waals surface area contributed by atoms with Gasteiger partial charge >= 0.3 is 5.97 Å². The molecular formula is C15H13N3O4. The first-order valence-corrected chi connectivity index (χ1v) is 6.65. The van der Waals surface area contributed by atoms with Gasteiger partial charge in [0.25, 0.3) is 5.43 Å². The summed E-state index contributed by atoms with van der Waals surface area (Å²) >= 11 is 0. The van der Waals surface area contributed by atoms with E-state index in [4.69, 9.17) is 5.11 Å². The highest BCUT2D eigenvalue weighted by atomic mass is 16.4. The second-order valence-corrected chi connectivity index (χ2v) is 4.87. The second kappa shape index (κ2) is 5.36. The number of nitrogens with one attached hydrogen (secondary N) is 1. The Bertz CT molecular complexity index is 911. The zero-order valence-corrected chi connectivity index (χ0v) is 11.5. The van der Waals surface area contributed by atoms with Gasteiger partial charge in [0.15, 0.2) is 5.75 Å². The summed E-state index contributed by atoms with van der Waals surface area (Å²) in [5.74, 6) is -2.08. The molecule has 0 unspecified atom stereocenters. The number of nitrogens with zero attached hydrogens (tertiary/aromatic N) is 2. The smallest absolute Gasteiger partial charge is 0.360 e. The zero-order chi connectivity index (χ0) is 15.7. The minimum atomic E-state index is -1.46. The fourth-order valence-electron chi connectivity index (χ4n) is 2.35. The Labute approximate surface area is 124 Å². The van der Waals surface area contributed by atoms with Gasteiger partial charge in [-0.2, -0.15) is 5.10 Å². The highest BCUT2D eigenvalue weighted by Crippen LogP contribution is 2.18. The number of aromatic amines is 1. The molecule has 0 saturated carbocycles. The third kappa shape index (κ3) is 2.44. The van der Waals surface area contributed by atoms with Gasteiger partial charge in [0.05, 0.1) is 6.20 Å². The molecule has 0 aliphatic rings. The number of carbonyl (C=O) groups is 1. The molecule has 22 heavy (non-hydrogen) atoms. The van der Waals surface area contributed by atoms with E-state index in [9.17, 15) is 14.7 Å². The number of H-pyrrole nitrogens is 1. The van der Waals surface area contributed by atoms with Gasteiger partial charge in [-0.3, -0.25) is 9.48 Å². The first-order chi connectivity index (χ1) is 10.6. The normalized spacial score (nSPS) is 10.9. The van der Waals surface area contributed by atoms with E-state index in [1.165, 1.54) is 4.68 Å². The standard InChI is InChI=1S/C15H13N3O4/c19-12-8-18(17-13(14(12)20)15(21)22)6-5-9-7-16-11-4-2-1-3-10(9)11/h1-4,7-8,16,19H,5-6H2,(H,21,22). The molecule has 3 rings (SSSR count). The lowest BCUT2D eigenvalue weighted by atomic mass is 10.1. The quantitative estimate of drug-likeness (QED) is 0.674. The molecule has 0 aliphatic heterocycles. The molecule has 3 aromatic rings. The number of carboxylic acid groups (broad SMARTS) is 1. The third-order valence-corrected chi connectivity index (χ3v) is 3.44. The van der Waals surface area contributed by atoms with Crippen molar-refractivity contribution in [3.05, 3.63) is 58.1 Å². The van der Waals surface area contributed by atoms with Gasteiger partial charge in [0.2, 0.25) is 5.69 Å². The number of hydrogen-bond donors (Lipinski definition) is 3. The molecule has 2 heterocycles. The third-order valence-electron chi connectivity index (χ3n) is 3.44. The minimum absolute atomic E-state index is 0.343. The molecule has 2 aromatic heterocycles. The van der Waals surface area contributed by atoms with Crippen LogP contribution in [0, 0.1) is 0 Å². The lowest BCUT2D eigenvalue weighted by Gasteiger charge is -2.06. The van der Waals surface area contributed by atoms with Gasteiger partial charge in [-0.1, -0.05) is 18.2 Å². The van der Waals surface area contributed by atoms with Crippen LogP contribution in [-0.2, 0) is 13.0 Å². The molecule has 0 spiro atoms. The Balaban J connectivity index is 1.88. The van der Waals surface area contributed by atoms with Crippen molar-refractivity contribution in [1.29, 1.82) is 0 Å². The van der Waals surface area contributed by atoms with Crippen LogP contribution in [-0.4, -0.2) is 30.9 Å². The number of benzene rings is 1. The van der Waals surface area contributed by atoms with Crippen molar-refractivity contribution in [3.8, 4) is 5.75 Å². The Morgan fingerprint density at radius 3 is 2.86 bits per heavy atom. The number of aromatic hydroxyl groups is 1. The largest absolute Gasteiger partial charge is 0.503 e. The SMILES string of the molecule is O=C(O)c1nn(CCc2c[nH]c3ccccc23)cc(O)c1=O. The van der Waals surface area contributed by atoms with Crippen LogP contribution in [0.1, 0.15) is 16.1 Å². The van der Waals surface area contributed by atoms with Gasteiger partial charge < -0.3 is 15.2 Å². The van der Waals surface area contributed by atoms with Crippen molar-refractivity contribution < 1.29 is 15.0 Å². The Morgan fingerprint density at radius 2 is 2.09 bits per heavy atom. The first-order valence-electron chi connectivity index (χ1n) is 6.65. The van der Waals surface area contributed by atoms with Crippen LogP contribution in [0.5, 0.6) is 5.75 Å². The highest BCUT2D eigenvalue weighted by Gasteiger charge is 2.15. The maximum atomic E-state index is 11.5. The van der Waals surface area contributed by atoms with Crippen molar-refractivity contribution in [2.75, 3.05) is 0 Å². The molecule has 7 nitrogen and oxygen atoms in total. The summed E-state index contributed by atoms with van der Waals surface area (Å²) in [6.07, 6.45) is 3.60. The molecule has 0 saturated heterocycles. The molecule has 0 radical (unpaired) electrons. The fourth-order valence-corrected chi connectivity index (χ4v) is 2.35. The Kier molecular flexibility index (Phi) is 3.38. The van der Waals surface area contributed by atoms with Gasteiger partial charge in [0, 0.05) is 23.6 Å². The van der Waals surface area contributed by atoms with E-state index in [0.29, 0.717) is 13.0 Å². The summed E-state index contributed by atoms with van der Waals surface area (Å²) in [5, 5.41) is 23.3. The summed E-state index contributed by atoms with van der Waals surface area (Å²) in [5.41, 5.74) is 0.404. The maximum absolute atomic E-state index is 11.5. The molecular weight excluding hydrogens is 286 g/mol. The average molecular weight is 299 g/mol. The molecule has 0 amide bonds. The second-order valence-electron chi connectivity index (χ2n) is 4.87.